The molecule has 0 fully saturated rings. The van der Waals surface area contributed by atoms with Crippen molar-refractivity contribution >= 4 is 28.0 Å². The van der Waals surface area contributed by atoms with Gasteiger partial charge < -0.3 is 0 Å². The highest BCUT2D eigenvalue weighted by atomic mass is 32.1. The number of fused-ring (bicyclic) bond motifs is 1. The molecule has 0 bridgehead atoms. The molecule has 0 aromatic carbocycles. The van der Waals surface area contributed by atoms with E-state index in [0.717, 1.165) is 38.7 Å². The Hall–Kier alpha value is -2.93. The zero-order valence-electron chi connectivity index (χ0n) is 16.1. The summed E-state index contributed by atoms with van der Waals surface area (Å²) in [5.74, 6) is 0.293. The molecule has 0 aliphatic heterocycles. The van der Waals surface area contributed by atoms with Gasteiger partial charge in [0.2, 0.25) is 0 Å². The molecule has 4 rings (SSSR count). The van der Waals surface area contributed by atoms with Crippen LogP contribution in [0.1, 0.15) is 41.4 Å². The average Bonchev–Trinajstić information content (AvgIpc) is 3.27. The minimum absolute atomic E-state index is 0.124. The number of rotatable bonds is 6. The quantitative estimate of drug-likeness (QED) is 0.493. The van der Waals surface area contributed by atoms with E-state index in [2.05, 4.69) is 20.1 Å². The van der Waals surface area contributed by atoms with Crippen molar-refractivity contribution < 1.29 is 4.79 Å². The molecule has 0 radical (unpaired) electrons. The number of aryl methyl sites for hydroxylation is 2. The van der Waals surface area contributed by atoms with E-state index in [0.29, 0.717) is 12.8 Å². The van der Waals surface area contributed by atoms with Gasteiger partial charge in [-0.2, -0.15) is 5.10 Å². The summed E-state index contributed by atoms with van der Waals surface area (Å²) >= 11 is 1.62. The molecule has 0 saturated carbocycles. The normalized spacial score (nSPS) is 12.4. The Morgan fingerprint density at radius 2 is 2.07 bits per heavy atom. The van der Waals surface area contributed by atoms with Crippen LogP contribution < -0.4 is 0 Å². The van der Waals surface area contributed by atoms with Crippen molar-refractivity contribution in [2.45, 2.75) is 39.5 Å². The molecule has 7 heteroatoms. The summed E-state index contributed by atoms with van der Waals surface area (Å²) in [5, 5.41) is 8.51. The molecule has 142 valence electrons. The number of ketones is 1. The van der Waals surface area contributed by atoms with Crippen LogP contribution in [0.15, 0.2) is 42.2 Å². The molecule has 0 aliphatic rings. The van der Waals surface area contributed by atoms with E-state index in [9.17, 15) is 4.79 Å². The predicted octanol–water partition coefficient (Wildman–Crippen LogP) is 4.19. The second-order valence-electron chi connectivity index (χ2n) is 7.06. The lowest BCUT2D eigenvalue weighted by Gasteiger charge is -2.08. The Bertz CT molecular complexity index is 1150. The SMILES string of the molecule is Cc1cc(-n2ncc3cc(CC(=O)CC(C)c4csc(C)n4)ncc32)ccn1. The Morgan fingerprint density at radius 3 is 2.82 bits per heavy atom. The van der Waals surface area contributed by atoms with Gasteiger partial charge in [0, 0.05) is 47.1 Å². The van der Waals surface area contributed by atoms with Gasteiger partial charge in [0.05, 0.1) is 34.3 Å². The van der Waals surface area contributed by atoms with Crippen LogP contribution in [0, 0.1) is 13.8 Å². The van der Waals surface area contributed by atoms with Gasteiger partial charge in [-0.1, -0.05) is 6.92 Å². The Labute approximate surface area is 167 Å². The van der Waals surface area contributed by atoms with Crippen molar-refractivity contribution in [2.24, 2.45) is 0 Å². The molecule has 4 aromatic rings. The van der Waals surface area contributed by atoms with Crippen molar-refractivity contribution in [1.29, 1.82) is 0 Å². The lowest BCUT2D eigenvalue weighted by atomic mass is 9.99. The molecule has 0 N–H and O–H groups in total. The topological polar surface area (TPSA) is 73.6 Å². The molecule has 0 saturated heterocycles. The van der Waals surface area contributed by atoms with Crippen LogP contribution in [0.5, 0.6) is 0 Å². The van der Waals surface area contributed by atoms with Crippen LogP contribution in [0.25, 0.3) is 16.6 Å². The maximum absolute atomic E-state index is 12.5. The number of hydrogen-bond donors (Lipinski definition) is 0. The van der Waals surface area contributed by atoms with Crippen LogP contribution in [0.4, 0.5) is 0 Å². The maximum atomic E-state index is 12.5. The van der Waals surface area contributed by atoms with Gasteiger partial charge in [-0.25, -0.2) is 9.67 Å². The van der Waals surface area contributed by atoms with Crippen molar-refractivity contribution in [2.75, 3.05) is 0 Å². The molecule has 4 aromatic heterocycles. The van der Waals surface area contributed by atoms with E-state index in [1.807, 2.05) is 49.0 Å². The third-order valence-corrected chi connectivity index (χ3v) is 5.48. The van der Waals surface area contributed by atoms with Crippen LogP contribution >= 0.6 is 11.3 Å². The van der Waals surface area contributed by atoms with Crippen molar-refractivity contribution in [1.82, 2.24) is 24.7 Å². The molecule has 1 unspecified atom stereocenters. The summed E-state index contributed by atoms with van der Waals surface area (Å²) < 4.78 is 1.84. The standard InChI is InChI=1S/C21H21N5OS/c1-13(20-12-28-15(3)25-20)6-19(27)9-17-8-16-10-24-26(21(16)11-23-17)18-4-5-22-14(2)7-18/h4-5,7-8,10-13H,6,9H2,1-3H3. The van der Waals surface area contributed by atoms with Gasteiger partial charge in [0.1, 0.15) is 5.78 Å². The minimum Gasteiger partial charge on any atom is -0.299 e. The fraction of sp³-hybridized carbons (Fsp3) is 0.286. The number of nitrogens with zero attached hydrogens (tertiary/aromatic N) is 5. The summed E-state index contributed by atoms with van der Waals surface area (Å²) in [5.41, 5.74) is 4.55. The molecule has 0 amide bonds. The third kappa shape index (κ3) is 3.84. The van der Waals surface area contributed by atoms with E-state index in [1.54, 1.807) is 29.9 Å². The first-order valence-electron chi connectivity index (χ1n) is 9.19. The molecule has 6 nitrogen and oxygen atoms in total. The first-order valence-corrected chi connectivity index (χ1v) is 10.1. The zero-order valence-corrected chi connectivity index (χ0v) is 16.9. The highest BCUT2D eigenvalue weighted by molar-refractivity contribution is 7.09. The fourth-order valence-electron chi connectivity index (χ4n) is 3.26. The van der Waals surface area contributed by atoms with E-state index in [1.165, 1.54) is 0 Å². The van der Waals surface area contributed by atoms with Crippen LogP contribution in [0.3, 0.4) is 0 Å². The summed E-state index contributed by atoms with van der Waals surface area (Å²) in [4.78, 5) is 25.7. The van der Waals surface area contributed by atoms with Gasteiger partial charge in [-0.15, -0.1) is 11.3 Å². The lowest BCUT2D eigenvalue weighted by Crippen LogP contribution is -2.09. The minimum atomic E-state index is 0.124. The van der Waals surface area contributed by atoms with Crippen LogP contribution in [-0.2, 0) is 11.2 Å². The van der Waals surface area contributed by atoms with E-state index < -0.39 is 0 Å². The fourth-order valence-corrected chi connectivity index (χ4v) is 4.00. The van der Waals surface area contributed by atoms with Crippen LogP contribution in [0.2, 0.25) is 0 Å². The summed E-state index contributed by atoms with van der Waals surface area (Å²) in [6, 6.07) is 5.84. The highest BCUT2D eigenvalue weighted by Crippen LogP contribution is 2.23. The second-order valence-corrected chi connectivity index (χ2v) is 8.12. The number of carbonyl (C=O) groups is 1. The molecular formula is C21H21N5OS. The molecule has 4 heterocycles. The number of aromatic nitrogens is 5. The third-order valence-electron chi connectivity index (χ3n) is 4.69. The van der Waals surface area contributed by atoms with Gasteiger partial charge in [-0.3, -0.25) is 14.8 Å². The lowest BCUT2D eigenvalue weighted by molar-refractivity contribution is -0.118. The van der Waals surface area contributed by atoms with Gasteiger partial charge in [0.25, 0.3) is 0 Å². The van der Waals surface area contributed by atoms with Crippen molar-refractivity contribution in [3.8, 4) is 5.69 Å². The summed E-state index contributed by atoms with van der Waals surface area (Å²) in [6.45, 7) is 5.98. The van der Waals surface area contributed by atoms with Gasteiger partial charge in [0.15, 0.2) is 0 Å². The molecule has 28 heavy (non-hydrogen) atoms. The Morgan fingerprint density at radius 1 is 1.21 bits per heavy atom. The number of hydrogen-bond acceptors (Lipinski definition) is 6. The number of carbonyl (C=O) groups excluding carboxylic acids is 1. The van der Waals surface area contributed by atoms with Crippen molar-refractivity contribution in [3.63, 3.8) is 0 Å². The Balaban J connectivity index is 1.50. The van der Waals surface area contributed by atoms with Crippen LogP contribution in [-0.4, -0.2) is 30.5 Å². The maximum Gasteiger partial charge on any atom is 0.139 e. The number of pyridine rings is 2. The average molecular weight is 392 g/mol. The Kier molecular flexibility index (Phi) is 5.00. The number of thiazole rings is 1. The van der Waals surface area contributed by atoms with Gasteiger partial charge in [-0.05, 0) is 32.0 Å². The zero-order chi connectivity index (χ0) is 19.7. The monoisotopic (exact) mass is 391 g/mol. The van der Waals surface area contributed by atoms with Crippen molar-refractivity contribution in [3.05, 3.63) is 64.3 Å². The smallest absolute Gasteiger partial charge is 0.139 e. The molecular weight excluding hydrogens is 370 g/mol. The second kappa shape index (κ2) is 7.59. The molecule has 1 atom stereocenters. The predicted molar refractivity (Wildman–Crippen MR) is 110 cm³/mol. The molecule has 0 aliphatic carbocycles. The summed E-state index contributed by atoms with van der Waals surface area (Å²) in [6.07, 6.45) is 6.15. The number of Topliss-reactive ketones (excluding diaryl/α,β-unsaturated/α-hetero) is 1. The van der Waals surface area contributed by atoms with E-state index in [-0.39, 0.29) is 11.7 Å². The van der Waals surface area contributed by atoms with Gasteiger partial charge >= 0.3 is 0 Å². The van der Waals surface area contributed by atoms with E-state index >= 15 is 0 Å². The largest absolute Gasteiger partial charge is 0.299 e. The first-order chi connectivity index (χ1) is 13.5. The summed E-state index contributed by atoms with van der Waals surface area (Å²) in [7, 11) is 0. The highest BCUT2D eigenvalue weighted by Gasteiger charge is 2.15. The molecule has 0 spiro atoms. The van der Waals surface area contributed by atoms with E-state index in [4.69, 9.17) is 0 Å². The first kappa shape index (κ1) is 18.4.